The lowest BCUT2D eigenvalue weighted by Gasteiger charge is -2.11. The largest absolute Gasteiger partial charge is 0.493 e. The Morgan fingerprint density at radius 2 is 1.81 bits per heavy atom. The molecular formula is C21H27NO4. The van der Waals surface area contributed by atoms with Gasteiger partial charge in [-0.05, 0) is 48.7 Å². The van der Waals surface area contributed by atoms with Crippen LogP contribution in [0.5, 0.6) is 11.5 Å². The summed E-state index contributed by atoms with van der Waals surface area (Å²) >= 11 is 0. The second-order valence-electron chi connectivity index (χ2n) is 6.06. The van der Waals surface area contributed by atoms with Gasteiger partial charge < -0.3 is 19.5 Å². The lowest BCUT2D eigenvalue weighted by molar-refractivity contribution is -0.121. The van der Waals surface area contributed by atoms with E-state index in [-0.39, 0.29) is 5.91 Å². The summed E-state index contributed by atoms with van der Waals surface area (Å²) < 4.78 is 16.3. The molecule has 0 spiro atoms. The zero-order valence-electron chi connectivity index (χ0n) is 15.7. The van der Waals surface area contributed by atoms with Crippen molar-refractivity contribution in [2.24, 2.45) is 0 Å². The maximum Gasteiger partial charge on any atom is 0.223 e. The highest BCUT2D eigenvalue weighted by molar-refractivity contribution is 5.76. The average molecular weight is 357 g/mol. The van der Waals surface area contributed by atoms with Gasteiger partial charge in [0.25, 0.3) is 0 Å². The van der Waals surface area contributed by atoms with Gasteiger partial charge in [0.1, 0.15) is 18.1 Å². The number of carbonyl (C=O) groups excluding carboxylic acids is 1. The zero-order valence-corrected chi connectivity index (χ0v) is 15.7. The summed E-state index contributed by atoms with van der Waals surface area (Å²) in [4.78, 5) is 12.0. The molecule has 0 saturated carbocycles. The summed E-state index contributed by atoms with van der Waals surface area (Å²) in [6.45, 7) is 5.93. The Kier molecular flexibility index (Phi) is 7.96. The van der Waals surface area contributed by atoms with Crippen LogP contribution in [0.15, 0.2) is 42.5 Å². The minimum absolute atomic E-state index is 0.0407. The molecule has 5 heteroatoms. The Balaban J connectivity index is 1.73. The first-order chi connectivity index (χ1) is 12.6. The Bertz CT molecular complexity index is 715. The molecule has 26 heavy (non-hydrogen) atoms. The second kappa shape index (κ2) is 10.5. The van der Waals surface area contributed by atoms with Gasteiger partial charge in [-0.3, -0.25) is 4.79 Å². The van der Waals surface area contributed by atoms with Crippen LogP contribution in [0.25, 0.3) is 0 Å². The molecule has 5 nitrogen and oxygen atoms in total. The number of methoxy groups -OCH3 is 1. The highest BCUT2D eigenvalue weighted by atomic mass is 16.5. The van der Waals surface area contributed by atoms with Crippen molar-refractivity contribution in [2.45, 2.75) is 26.8 Å². The van der Waals surface area contributed by atoms with Gasteiger partial charge in [-0.1, -0.05) is 24.3 Å². The number of ether oxygens (including phenoxy) is 3. The van der Waals surface area contributed by atoms with Gasteiger partial charge in [0.15, 0.2) is 0 Å². The summed E-state index contributed by atoms with van der Waals surface area (Å²) in [5, 5.41) is 2.91. The average Bonchev–Trinajstić information content (AvgIpc) is 2.64. The molecule has 0 bridgehead atoms. The molecule has 0 unspecified atom stereocenters. The normalized spacial score (nSPS) is 10.4. The molecule has 1 N–H and O–H groups in total. The first kappa shape index (κ1) is 19.8. The highest BCUT2D eigenvalue weighted by Crippen LogP contribution is 2.20. The minimum atomic E-state index is -0.0407. The van der Waals surface area contributed by atoms with Crippen LogP contribution in [0.1, 0.15) is 23.1 Å². The number of amides is 1. The third-order valence-corrected chi connectivity index (χ3v) is 4.09. The number of benzene rings is 2. The van der Waals surface area contributed by atoms with Gasteiger partial charge >= 0.3 is 0 Å². The summed E-state index contributed by atoms with van der Waals surface area (Å²) in [5.74, 6) is 1.56. The maximum atomic E-state index is 12.0. The molecule has 0 saturated heterocycles. The third-order valence-electron chi connectivity index (χ3n) is 4.09. The second-order valence-corrected chi connectivity index (χ2v) is 6.06. The number of rotatable bonds is 10. The first-order valence-corrected chi connectivity index (χ1v) is 8.76. The van der Waals surface area contributed by atoms with Gasteiger partial charge in [0.05, 0.1) is 19.6 Å². The van der Waals surface area contributed by atoms with Crippen LogP contribution in [0, 0.1) is 13.8 Å². The molecular weight excluding hydrogens is 330 g/mol. The predicted molar refractivity (Wildman–Crippen MR) is 102 cm³/mol. The van der Waals surface area contributed by atoms with Crippen LogP contribution in [0.4, 0.5) is 0 Å². The quantitative estimate of drug-likeness (QED) is 0.662. The van der Waals surface area contributed by atoms with Crippen LogP contribution >= 0.6 is 0 Å². The zero-order chi connectivity index (χ0) is 18.8. The van der Waals surface area contributed by atoms with Crippen molar-refractivity contribution in [2.75, 3.05) is 26.9 Å². The van der Waals surface area contributed by atoms with Gasteiger partial charge in [0.2, 0.25) is 5.91 Å². The lowest BCUT2D eigenvalue weighted by Crippen LogP contribution is -2.24. The van der Waals surface area contributed by atoms with Gasteiger partial charge in [-0.25, -0.2) is 0 Å². The fourth-order valence-electron chi connectivity index (χ4n) is 2.41. The fraction of sp³-hybridized carbons (Fsp3) is 0.381. The molecule has 0 aliphatic rings. The van der Waals surface area contributed by atoms with Crippen molar-refractivity contribution in [3.63, 3.8) is 0 Å². The van der Waals surface area contributed by atoms with E-state index in [1.807, 2.05) is 56.3 Å². The lowest BCUT2D eigenvalue weighted by atomic mass is 10.1. The predicted octanol–water partition coefficient (Wildman–Crippen LogP) is 3.41. The molecule has 2 aromatic rings. The molecule has 0 aliphatic heterocycles. The van der Waals surface area contributed by atoms with E-state index < -0.39 is 0 Å². The van der Waals surface area contributed by atoms with Crippen LogP contribution in [0.3, 0.4) is 0 Å². The van der Waals surface area contributed by atoms with Gasteiger partial charge in [0, 0.05) is 13.7 Å². The molecule has 2 rings (SSSR count). The molecule has 2 aromatic carbocycles. The van der Waals surface area contributed by atoms with E-state index in [1.54, 1.807) is 7.11 Å². The summed E-state index contributed by atoms with van der Waals surface area (Å²) in [6.07, 6.45) is 0.317. The summed E-state index contributed by atoms with van der Waals surface area (Å²) in [5.41, 5.74) is 3.28. The van der Waals surface area contributed by atoms with Gasteiger partial charge in [-0.2, -0.15) is 0 Å². The monoisotopic (exact) mass is 357 g/mol. The van der Waals surface area contributed by atoms with Crippen molar-refractivity contribution in [1.82, 2.24) is 5.32 Å². The number of hydrogen-bond acceptors (Lipinski definition) is 4. The highest BCUT2D eigenvalue weighted by Gasteiger charge is 2.05. The van der Waals surface area contributed by atoms with Crippen molar-refractivity contribution in [1.29, 1.82) is 0 Å². The smallest absolute Gasteiger partial charge is 0.223 e. The molecule has 0 heterocycles. The van der Waals surface area contributed by atoms with Crippen LogP contribution in [-0.4, -0.2) is 32.8 Å². The Morgan fingerprint density at radius 1 is 1.00 bits per heavy atom. The summed E-state index contributed by atoms with van der Waals surface area (Å²) in [6, 6.07) is 13.6. The Labute approximate surface area is 155 Å². The molecule has 0 fully saturated rings. The van der Waals surface area contributed by atoms with E-state index in [2.05, 4.69) is 5.32 Å². The number of hydrogen-bond donors (Lipinski definition) is 1. The fourth-order valence-corrected chi connectivity index (χ4v) is 2.41. The third kappa shape index (κ3) is 6.41. The minimum Gasteiger partial charge on any atom is -0.493 e. The number of nitrogens with one attached hydrogen (secondary N) is 1. The van der Waals surface area contributed by atoms with Crippen molar-refractivity contribution in [3.8, 4) is 11.5 Å². The van der Waals surface area contributed by atoms with Crippen molar-refractivity contribution in [3.05, 3.63) is 59.2 Å². The van der Waals surface area contributed by atoms with E-state index in [4.69, 9.17) is 14.2 Å². The van der Waals surface area contributed by atoms with E-state index in [0.29, 0.717) is 32.8 Å². The Morgan fingerprint density at radius 3 is 2.62 bits per heavy atom. The van der Waals surface area contributed by atoms with Gasteiger partial charge in [-0.15, -0.1) is 0 Å². The van der Waals surface area contributed by atoms with Crippen molar-refractivity contribution < 1.29 is 19.0 Å². The molecule has 0 atom stereocenters. The molecule has 0 aliphatic carbocycles. The van der Waals surface area contributed by atoms with Crippen molar-refractivity contribution >= 4 is 5.91 Å². The van der Waals surface area contributed by atoms with Crippen LogP contribution in [0.2, 0.25) is 0 Å². The SMILES string of the molecule is COCCOc1cccc(CNC(=O)CCOc2cccc(C)c2C)c1. The van der Waals surface area contributed by atoms with E-state index >= 15 is 0 Å². The molecule has 0 aromatic heterocycles. The first-order valence-electron chi connectivity index (χ1n) is 8.76. The molecule has 1 amide bonds. The van der Waals surface area contributed by atoms with E-state index in [9.17, 15) is 4.79 Å². The number of aryl methyl sites for hydroxylation is 1. The molecule has 0 radical (unpaired) electrons. The van der Waals surface area contributed by atoms with Crippen LogP contribution in [-0.2, 0) is 16.1 Å². The maximum absolute atomic E-state index is 12.0. The topological polar surface area (TPSA) is 56.8 Å². The molecule has 140 valence electrons. The van der Waals surface area contributed by atoms with E-state index in [0.717, 1.165) is 22.6 Å². The van der Waals surface area contributed by atoms with E-state index in [1.165, 1.54) is 5.56 Å². The van der Waals surface area contributed by atoms with Crippen LogP contribution < -0.4 is 14.8 Å². The summed E-state index contributed by atoms with van der Waals surface area (Å²) in [7, 11) is 1.64. The number of carbonyl (C=O) groups is 1. The standard InChI is InChI=1S/C21H27NO4/c1-16-6-4-9-20(17(16)2)26-11-10-21(23)22-15-18-7-5-8-19(14-18)25-13-12-24-3/h4-9,14H,10-13,15H2,1-3H3,(H,22,23). The Hall–Kier alpha value is -2.53.